The lowest BCUT2D eigenvalue weighted by Gasteiger charge is -1.97. The van der Waals surface area contributed by atoms with Gasteiger partial charge in [-0.15, -0.1) is 10.2 Å². The second-order valence-electron chi connectivity index (χ2n) is 2.78. The molecule has 0 N–H and O–H groups in total. The number of hydrogen-bond acceptors (Lipinski definition) is 8. The Kier molecular flexibility index (Phi) is 3.20. The molecule has 2 aromatic heterocycles. The van der Waals surface area contributed by atoms with Crippen LogP contribution in [0, 0.1) is 17.0 Å². The zero-order valence-corrected chi connectivity index (χ0v) is 9.90. The minimum Gasteiger partial charge on any atom is -0.416 e. The average molecular weight is 274 g/mol. The third-order valence-corrected chi connectivity index (χ3v) is 2.61. The largest absolute Gasteiger partial charge is 0.416 e. The van der Waals surface area contributed by atoms with E-state index in [1.54, 1.807) is 6.92 Å². The van der Waals surface area contributed by atoms with Crippen LogP contribution in [0.15, 0.2) is 20.9 Å². The lowest BCUT2D eigenvalue weighted by atomic mass is 10.6. The predicted molar refractivity (Wildman–Crippen MR) is 56.9 cm³/mol. The normalized spacial score (nSPS) is 10.5. The van der Waals surface area contributed by atoms with Crippen molar-refractivity contribution in [3.8, 4) is 0 Å². The maximum absolute atomic E-state index is 10.7. The highest BCUT2D eigenvalue weighted by Gasteiger charge is 2.20. The fraction of sp³-hybridized carbons (Fsp3) is 0.143. The van der Waals surface area contributed by atoms with Crippen molar-refractivity contribution in [1.82, 2.24) is 20.2 Å². The molecule has 0 saturated heterocycles. The van der Waals surface area contributed by atoms with E-state index in [-0.39, 0.29) is 21.2 Å². The van der Waals surface area contributed by atoms with E-state index >= 15 is 0 Å². The molecular weight excluding hydrogens is 270 g/mol. The van der Waals surface area contributed by atoms with Crippen LogP contribution in [0.4, 0.5) is 5.69 Å². The Balaban J connectivity index is 2.37. The van der Waals surface area contributed by atoms with E-state index in [9.17, 15) is 10.1 Å². The lowest BCUT2D eigenvalue weighted by Crippen LogP contribution is -1.95. The zero-order valence-electron chi connectivity index (χ0n) is 8.32. The van der Waals surface area contributed by atoms with Crippen molar-refractivity contribution in [2.24, 2.45) is 0 Å². The van der Waals surface area contributed by atoms with Crippen LogP contribution in [-0.4, -0.2) is 25.1 Å². The summed E-state index contributed by atoms with van der Waals surface area (Å²) in [5.41, 5.74) is -0.268. The second-order valence-corrected chi connectivity index (χ2v) is 4.05. The molecule has 0 fully saturated rings. The minimum atomic E-state index is -0.609. The maximum atomic E-state index is 10.7. The van der Waals surface area contributed by atoms with Crippen molar-refractivity contribution in [1.29, 1.82) is 0 Å². The third-order valence-electron chi connectivity index (χ3n) is 1.59. The van der Waals surface area contributed by atoms with Crippen LogP contribution in [0.3, 0.4) is 0 Å². The Morgan fingerprint density at radius 3 is 2.88 bits per heavy atom. The highest BCUT2D eigenvalue weighted by molar-refractivity contribution is 7.99. The number of aryl methyl sites for hydroxylation is 1. The Morgan fingerprint density at radius 1 is 1.53 bits per heavy atom. The Hall–Kier alpha value is -1.74. The van der Waals surface area contributed by atoms with Gasteiger partial charge in [-0.3, -0.25) is 10.1 Å². The molecule has 0 saturated carbocycles. The summed E-state index contributed by atoms with van der Waals surface area (Å²) in [6, 6.07) is 0. The van der Waals surface area contributed by atoms with Gasteiger partial charge in [0.15, 0.2) is 5.03 Å². The van der Waals surface area contributed by atoms with Gasteiger partial charge in [0.25, 0.3) is 5.22 Å². The van der Waals surface area contributed by atoms with Crippen molar-refractivity contribution in [3.63, 3.8) is 0 Å². The second kappa shape index (κ2) is 4.63. The fourth-order valence-corrected chi connectivity index (χ4v) is 1.90. The summed E-state index contributed by atoms with van der Waals surface area (Å²) >= 11 is 6.43. The van der Waals surface area contributed by atoms with Crippen LogP contribution in [0.2, 0.25) is 5.28 Å². The van der Waals surface area contributed by atoms with Gasteiger partial charge in [0, 0.05) is 6.92 Å². The lowest BCUT2D eigenvalue weighted by molar-refractivity contribution is -0.388. The molecule has 0 spiro atoms. The van der Waals surface area contributed by atoms with Crippen LogP contribution < -0.4 is 0 Å². The van der Waals surface area contributed by atoms with Gasteiger partial charge >= 0.3 is 5.69 Å². The molecule has 0 atom stereocenters. The van der Waals surface area contributed by atoms with Crippen LogP contribution in [0.1, 0.15) is 5.89 Å². The molecule has 0 aliphatic carbocycles. The number of rotatable bonds is 3. The summed E-state index contributed by atoms with van der Waals surface area (Å²) in [4.78, 5) is 17.4. The highest BCUT2D eigenvalue weighted by atomic mass is 35.5. The van der Waals surface area contributed by atoms with Crippen LogP contribution in [-0.2, 0) is 0 Å². The van der Waals surface area contributed by atoms with Gasteiger partial charge < -0.3 is 4.42 Å². The molecule has 0 unspecified atom stereocenters. The van der Waals surface area contributed by atoms with Gasteiger partial charge in [-0.05, 0) is 23.4 Å². The topological polar surface area (TPSA) is 108 Å². The first-order valence-electron chi connectivity index (χ1n) is 4.21. The van der Waals surface area contributed by atoms with Gasteiger partial charge in [0.1, 0.15) is 6.20 Å². The monoisotopic (exact) mass is 273 g/mol. The van der Waals surface area contributed by atoms with E-state index in [4.69, 9.17) is 16.0 Å². The van der Waals surface area contributed by atoms with E-state index in [1.807, 2.05) is 0 Å². The highest BCUT2D eigenvalue weighted by Crippen LogP contribution is 2.32. The fourth-order valence-electron chi connectivity index (χ4n) is 0.942. The van der Waals surface area contributed by atoms with Crippen molar-refractivity contribution < 1.29 is 9.34 Å². The van der Waals surface area contributed by atoms with Gasteiger partial charge in [-0.1, -0.05) is 0 Å². The zero-order chi connectivity index (χ0) is 12.4. The SMILES string of the molecule is Cc1nnc(Sc2nc(Cl)ncc2[N+](=O)[O-])o1. The van der Waals surface area contributed by atoms with Crippen molar-refractivity contribution >= 4 is 29.1 Å². The van der Waals surface area contributed by atoms with E-state index in [2.05, 4.69) is 20.2 Å². The quantitative estimate of drug-likeness (QED) is 0.361. The first kappa shape index (κ1) is 11.7. The van der Waals surface area contributed by atoms with E-state index in [1.165, 1.54) is 0 Å². The maximum Gasteiger partial charge on any atom is 0.320 e. The van der Waals surface area contributed by atoms with Crippen LogP contribution >= 0.6 is 23.4 Å². The van der Waals surface area contributed by atoms with Gasteiger partial charge in [0.05, 0.1) is 4.92 Å². The van der Waals surface area contributed by atoms with Gasteiger partial charge in [-0.25, -0.2) is 9.97 Å². The number of hydrogen-bond donors (Lipinski definition) is 0. The third kappa shape index (κ3) is 2.68. The van der Waals surface area contributed by atoms with E-state index < -0.39 is 4.92 Å². The number of nitrogens with zero attached hydrogens (tertiary/aromatic N) is 5. The minimum absolute atomic E-state index is 0.0543. The first-order chi connectivity index (χ1) is 8.06. The number of nitro groups is 1. The van der Waals surface area contributed by atoms with E-state index in [0.717, 1.165) is 18.0 Å². The van der Waals surface area contributed by atoms with Gasteiger partial charge in [0.2, 0.25) is 11.2 Å². The summed E-state index contributed by atoms with van der Waals surface area (Å²) in [6.07, 6.45) is 1.03. The summed E-state index contributed by atoms with van der Waals surface area (Å²) in [5, 5.41) is 18.1. The molecule has 2 aromatic rings. The standard InChI is InChI=1S/C7H4ClN5O3S/c1-3-11-12-7(16-3)17-5-4(13(14)15)2-9-6(8)10-5/h2H,1H3. The molecule has 0 aromatic carbocycles. The molecule has 0 amide bonds. The smallest absolute Gasteiger partial charge is 0.320 e. The summed E-state index contributed by atoms with van der Waals surface area (Å²) in [7, 11) is 0. The Bertz CT molecular complexity index is 574. The molecule has 2 heterocycles. The molecule has 8 nitrogen and oxygen atoms in total. The van der Waals surface area contributed by atoms with Crippen molar-refractivity contribution in [2.75, 3.05) is 0 Å². The van der Waals surface area contributed by atoms with Crippen LogP contribution in [0.25, 0.3) is 0 Å². The summed E-state index contributed by atoms with van der Waals surface area (Å²) in [6.45, 7) is 1.61. The number of halogens is 1. The van der Waals surface area contributed by atoms with Crippen molar-refractivity contribution in [3.05, 3.63) is 27.5 Å². The van der Waals surface area contributed by atoms with Gasteiger partial charge in [-0.2, -0.15) is 0 Å². The molecule has 0 radical (unpaired) electrons. The molecule has 10 heteroatoms. The molecule has 88 valence electrons. The Labute approximate surface area is 104 Å². The first-order valence-corrected chi connectivity index (χ1v) is 5.40. The average Bonchev–Trinajstić information content (AvgIpc) is 2.63. The molecule has 0 aliphatic heterocycles. The van der Waals surface area contributed by atoms with E-state index in [0.29, 0.717) is 5.89 Å². The molecule has 17 heavy (non-hydrogen) atoms. The number of aromatic nitrogens is 4. The molecule has 0 aliphatic rings. The summed E-state index contributed by atoms with van der Waals surface area (Å²) < 4.78 is 5.08. The van der Waals surface area contributed by atoms with Crippen LogP contribution in [0.5, 0.6) is 0 Å². The summed E-state index contributed by atoms with van der Waals surface area (Å²) in [5.74, 6) is 0.357. The van der Waals surface area contributed by atoms with Crippen molar-refractivity contribution in [2.45, 2.75) is 17.2 Å². The molecular formula is C7H4ClN5O3S. The molecule has 0 bridgehead atoms. The Morgan fingerprint density at radius 2 is 2.29 bits per heavy atom. The molecule has 2 rings (SSSR count). The predicted octanol–water partition coefficient (Wildman–Crippen LogP) is 1.88.